The van der Waals surface area contributed by atoms with Crippen molar-refractivity contribution in [2.24, 2.45) is 16.7 Å². The van der Waals surface area contributed by atoms with Crippen molar-refractivity contribution in [2.45, 2.75) is 71.1 Å². The van der Waals surface area contributed by atoms with Gasteiger partial charge in [0, 0.05) is 32.2 Å². The summed E-state index contributed by atoms with van der Waals surface area (Å²) in [5.41, 5.74) is 3.33. The van der Waals surface area contributed by atoms with Crippen LogP contribution in [-0.4, -0.2) is 12.6 Å². The minimum atomic E-state index is 0.260. The molecular formula is C27H32BrCl2NO2. The third kappa shape index (κ3) is 4.78. The van der Waals surface area contributed by atoms with E-state index < -0.39 is 0 Å². The van der Waals surface area contributed by atoms with E-state index >= 15 is 0 Å². The quantitative estimate of drug-likeness (QED) is 0.375. The Hall–Kier alpha value is -0.940. The smallest absolute Gasteiger partial charge is 0.162 e. The molecule has 0 aliphatic heterocycles. The van der Waals surface area contributed by atoms with Gasteiger partial charge >= 0.3 is 0 Å². The number of nitrogens with one attached hydrogen (secondary N) is 1. The third-order valence-electron chi connectivity index (χ3n) is 8.01. The van der Waals surface area contributed by atoms with Crippen molar-refractivity contribution in [3.8, 4) is 11.5 Å². The molecule has 4 saturated carbocycles. The number of halogens is 3. The number of benzene rings is 2. The summed E-state index contributed by atoms with van der Waals surface area (Å²) in [7, 11) is 1.68. The lowest BCUT2D eigenvalue weighted by Gasteiger charge is -2.65. The third-order valence-corrected chi connectivity index (χ3v) is 9.34. The van der Waals surface area contributed by atoms with E-state index in [1.807, 2.05) is 18.2 Å². The number of hydrogen-bond acceptors (Lipinski definition) is 3. The van der Waals surface area contributed by atoms with Gasteiger partial charge in [-0.15, -0.1) is 0 Å². The van der Waals surface area contributed by atoms with E-state index in [-0.39, 0.29) is 5.54 Å². The molecule has 2 aromatic carbocycles. The molecule has 3 nitrogen and oxygen atoms in total. The predicted molar refractivity (Wildman–Crippen MR) is 138 cm³/mol. The maximum absolute atomic E-state index is 6.30. The first-order chi connectivity index (χ1) is 15.6. The molecule has 4 bridgehead atoms. The molecular weight excluding hydrogens is 521 g/mol. The first kappa shape index (κ1) is 23.8. The zero-order valence-corrected chi connectivity index (χ0v) is 22.7. The van der Waals surface area contributed by atoms with Crippen molar-refractivity contribution < 1.29 is 9.47 Å². The molecule has 6 rings (SSSR count). The molecule has 0 saturated heterocycles. The highest BCUT2D eigenvalue weighted by Gasteiger charge is 2.59. The molecule has 2 aromatic rings. The molecule has 1 N–H and O–H groups in total. The van der Waals surface area contributed by atoms with Crippen LogP contribution in [0.3, 0.4) is 0 Å². The fourth-order valence-corrected chi connectivity index (χ4v) is 8.63. The van der Waals surface area contributed by atoms with Crippen LogP contribution in [0.2, 0.25) is 10.0 Å². The summed E-state index contributed by atoms with van der Waals surface area (Å²) in [5, 5.41) is 5.23. The Bertz CT molecular complexity index is 1060. The van der Waals surface area contributed by atoms with Gasteiger partial charge in [0.15, 0.2) is 11.5 Å². The predicted octanol–water partition coefficient (Wildman–Crippen LogP) is 8.18. The van der Waals surface area contributed by atoms with Gasteiger partial charge in [0.25, 0.3) is 0 Å². The van der Waals surface area contributed by atoms with E-state index in [1.165, 1.54) is 44.1 Å². The van der Waals surface area contributed by atoms with E-state index in [2.05, 4.69) is 41.2 Å². The van der Waals surface area contributed by atoms with Crippen molar-refractivity contribution in [3.63, 3.8) is 0 Å². The lowest BCUT2D eigenvalue weighted by atomic mass is 9.43. The minimum Gasteiger partial charge on any atom is -0.493 e. The van der Waals surface area contributed by atoms with Crippen LogP contribution in [0.25, 0.3) is 0 Å². The normalized spacial score (nSPS) is 32.2. The van der Waals surface area contributed by atoms with Gasteiger partial charge in [-0.2, -0.15) is 0 Å². The van der Waals surface area contributed by atoms with Gasteiger partial charge in [-0.25, -0.2) is 0 Å². The fourth-order valence-electron chi connectivity index (χ4n) is 7.71. The van der Waals surface area contributed by atoms with Gasteiger partial charge in [-0.1, -0.05) is 59.0 Å². The second-order valence-electron chi connectivity index (χ2n) is 11.4. The molecule has 0 heterocycles. The van der Waals surface area contributed by atoms with Gasteiger partial charge in [-0.05, 0) is 85.1 Å². The average molecular weight is 553 g/mol. The van der Waals surface area contributed by atoms with Crippen LogP contribution >= 0.6 is 39.1 Å². The number of rotatable bonds is 7. The molecule has 0 aromatic heterocycles. The summed E-state index contributed by atoms with van der Waals surface area (Å²) >= 11 is 16.1. The topological polar surface area (TPSA) is 30.5 Å². The highest BCUT2D eigenvalue weighted by atomic mass is 79.9. The minimum absolute atomic E-state index is 0.260. The largest absolute Gasteiger partial charge is 0.493 e. The Balaban J connectivity index is 1.31. The average Bonchev–Trinajstić information content (AvgIpc) is 2.69. The van der Waals surface area contributed by atoms with E-state index in [4.69, 9.17) is 32.7 Å². The summed E-state index contributed by atoms with van der Waals surface area (Å²) in [6.45, 7) is 6.20. The van der Waals surface area contributed by atoms with Crippen LogP contribution in [0.1, 0.15) is 63.5 Å². The molecule has 0 amide bonds. The van der Waals surface area contributed by atoms with Crippen molar-refractivity contribution in [3.05, 3.63) is 56.0 Å². The molecule has 4 aliphatic carbocycles. The number of methoxy groups -OCH3 is 1. The Morgan fingerprint density at radius 3 is 2.33 bits per heavy atom. The molecule has 4 fully saturated rings. The number of hydrogen-bond donors (Lipinski definition) is 1. The van der Waals surface area contributed by atoms with Crippen LogP contribution in [0.15, 0.2) is 34.8 Å². The Labute approximate surface area is 215 Å². The van der Waals surface area contributed by atoms with E-state index in [0.29, 0.717) is 33.2 Å². The maximum Gasteiger partial charge on any atom is 0.162 e. The summed E-state index contributed by atoms with van der Waals surface area (Å²) in [6.07, 6.45) is 8.12. The van der Waals surface area contributed by atoms with Crippen LogP contribution in [-0.2, 0) is 13.2 Å². The van der Waals surface area contributed by atoms with Gasteiger partial charge in [0.05, 0.1) is 7.11 Å². The van der Waals surface area contributed by atoms with Crippen molar-refractivity contribution >= 4 is 39.1 Å². The monoisotopic (exact) mass is 551 g/mol. The Morgan fingerprint density at radius 2 is 1.70 bits per heavy atom. The molecule has 2 unspecified atom stereocenters. The molecule has 4 aliphatic rings. The Kier molecular flexibility index (Phi) is 6.21. The first-order valence-electron chi connectivity index (χ1n) is 11.8. The maximum atomic E-state index is 6.30. The zero-order chi connectivity index (χ0) is 23.4. The summed E-state index contributed by atoms with van der Waals surface area (Å²) in [5.74, 6) is 2.29. The molecule has 2 atom stereocenters. The van der Waals surface area contributed by atoms with Gasteiger partial charge in [0.1, 0.15) is 6.61 Å². The van der Waals surface area contributed by atoms with E-state index in [9.17, 15) is 0 Å². The van der Waals surface area contributed by atoms with Crippen LogP contribution in [0, 0.1) is 16.7 Å². The van der Waals surface area contributed by atoms with Crippen molar-refractivity contribution in [1.82, 2.24) is 5.32 Å². The second kappa shape index (κ2) is 8.62. The van der Waals surface area contributed by atoms with E-state index in [1.54, 1.807) is 13.2 Å². The fraction of sp³-hybridized carbons (Fsp3) is 0.556. The van der Waals surface area contributed by atoms with Gasteiger partial charge in [-0.3, -0.25) is 0 Å². The molecule has 6 heteroatoms. The highest BCUT2D eigenvalue weighted by Crippen LogP contribution is 2.66. The summed E-state index contributed by atoms with van der Waals surface area (Å²) < 4.78 is 12.8. The van der Waals surface area contributed by atoms with Crippen LogP contribution in [0.4, 0.5) is 0 Å². The first-order valence-corrected chi connectivity index (χ1v) is 13.3. The molecule has 0 radical (unpaired) electrons. The Morgan fingerprint density at radius 1 is 0.970 bits per heavy atom. The van der Waals surface area contributed by atoms with Crippen molar-refractivity contribution in [2.75, 3.05) is 7.11 Å². The van der Waals surface area contributed by atoms with Gasteiger partial charge in [0.2, 0.25) is 0 Å². The molecule has 0 spiro atoms. The lowest BCUT2D eigenvalue weighted by molar-refractivity contribution is -0.118. The van der Waals surface area contributed by atoms with Crippen LogP contribution < -0.4 is 14.8 Å². The van der Waals surface area contributed by atoms with Crippen LogP contribution in [0.5, 0.6) is 11.5 Å². The molecule has 178 valence electrons. The second-order valence-corrected chi connectivity index (χ2v) is 13.1. The van der Waals surface area contributed by atoms with Gasteiger partial charge < -0.3 is 14.8 Å². The summed E-state index contributed by atoms with van der Waals surface area (Å²) in [6, 6.07) is 9.52. The highest BCUT2D eigenvalue weighted by molar-refractivity contribution is 9.10. The summed E-state index contributed by atoms with van der Waals surface area (Å²) in [4.78, 5) is 0. The lowest BCUT2D eigenvalue weighted by Crippen LogP contribution is -2.63. The van der Waals surface area contributed by atoms with Crippen molar-refractivity contribution in [1.29, 1.82) is 0 Å². The zero-order valence-electron chi connectivity index (χ0n) is 19.6. The van der Waals surface area contributed by atoms with E-state index in [0.717, 1.165) is 28.2 Å². The SMILES string of the molecule is COc1cc(CNC23CC4CC(C)(CC(C)(C4)C2)C3)c(Br)cc1OCc1ccc(Cl)cc1Cl. The molecule has 33 heavy (non-hydrogen) atoms. The standard InChI is InChI=1S/C27H32BrCl2NO2/c1-25-9-17-10-26(2,14-25)16-27(11-17,15-25)31-12-19-6-23(32-3)24(8-21(19)28)33-13-18-4-5-20(29)7-22(18)30/h4-8,17,31H,9-16H2,1-3H3. The number of ether oxygens (including phenoxy) is 2.